The van der Waals surface area contributed by atoms with E-state index in [2.05, 4.69) is 9.97 Å². The summed E-state index contributed by atoms with van der Waals surface area (Å²) in [6.45, 7) is 0. The SMILES string of the molecule is Cn1c(SCc2nc3ccccc3[nH]2)nc2sc3c(c2c1=O)CCCC3. The zero-order valence-corrected chi connectivity index (χ0v) is 16.0. The summed E-state index contributed by atoms with van der Waals surface area (Å²) in [5.41, 5.74) is 3.33. The molecule has 0 aliphatic heterocycles. The van der Waals surface area contributed by atoms with Crippen LogP contribution in [0.1, 0.15) is 29.1 Å². The summed E-state index contributed by atoms with van der Waals surface area (Å²) in [5.74, 6) is 1.56. The van der Waals surface area contributed by atoms with E-state index in [1.165, 1.54) is 23.3 Å². The molecule has 5 nitrogen and oxygen atoms in total. The van der Waals surface area contributed by atoms with Gasteiger partial charge in [-0.25, -0.2) is 9.97 Å². The number of rotatable bonds is 3. The zero-order chi connectivity index (χ0) is 17.7. The van der Waals surface area contributed by atoms with Crippen LogP contribution in [0.25, 0.3) is 21.3 Å². The Morgan fingerprint density at radius 2 is 2.08 bits per heavy atom. The second kappa shape index (κ2) is 6.25. The maximum atomic E-state index is 12.9. The number of hydrogen-bond donors (Lipinski definition) is 1. The molecule has 5 rings (SSSR count). The van der Waals surface area contributed by atoms with Gasteiger partial charge in [0.2, 0.25) is 0 Å². The summed E-state index contributed by atoms with van der Waals surface area (Å²) in [7, 11) is 1.82. The van der Waals surface area contributed by atoms with Gasteiger partial charge in [-0.1, -0.05) is 23.9 Å². The van der Waals surface area contributed by atoms with Crippen LogP contribution in [-0.2, 0) is 25.6 Å². The molecule has 0 unspecified atom stereocenters. The summed E-state index contributed by atoms with van der Waals surface area (Å²) in [4.78, 5) is 27.9. The molecule has 0 fully saturated rings. The summed E-state index contributed by atoms with van der Waals surface area (Å²) in [6.07, 6.45) is 4.48. The predicted octanol–water partition coefficient (Wildman–Crippen LogP) is 4.04. The minimum absolute atomic E-state index is 0.0847. The molecule has 3 heterocycles. The minimum atomic E-state index is 0.0847. The van der Waals surface area contributed by atoms with E-state index in [1.807, 2.05) is 31.3 Å². The molecule has 26 heavy (non-hydrogen) atoms. The highest BCUT2D eigenvalue weighted by Crippen LogP contribution is 2.34. The molecule has 0 amide bonds. The zero-order valence-electron chi connectivity index (χ0n) is 14.4. The average Bonchev–Trinajstić information content (AvgIpc) is 3.24. The van der Waals surface area contributed by atoms with Gasteiger partial charge in [-0.05, 0) is 43.4 Å². The highest BCUT2D eigenvalue weighted by Gasteiger charge is 2.21. The molecule has 1 aromatic carbocycles. The van der Waals surface area contributed by atoms with Crippen molar-refractivity contribution in [1.29, 1.82) is 0 Å². The van der Waals surface area contributed by atoms with Crippen LogP contribution in [-0.4, -0.2) is 19.5 Å². The Balaban J connectivity index is 1.50. The van der Waals surface area contributed by atoms with Gasteiger partial charge in [-0.3, -0.25) is 9.36 Å². The lowest BCUT2D eigenvalue weighted by molar-refractivity contribution is 0.695. The summed E-state index contributed by atoms with van der Waals surface area (Å²) in [6, 6.07) is 8.00. The number of H-pyrrole nitrogens is 1. The normalized spacial score (nSPS) is 14.2. The van der Waals surface area contributed by atoms with Gasteiger partial charge in [0.05, 0.1) is 22.2 Å². The lowest BCUT2D eigenvalue weighted by Crippen LogP contribution is -2.20. The highest BCUT2D eigenvalue weighted by molar-refractivity contribution is 7.98. The molecule has 132 valence electrons. The highest BCUT2D eigenvalue weighted by atomic mass is 32.2. The van der Waals surface area contributed by atoms with Crippen molar-refractivity contribution < 1.29 is 0 Å². The maximum absolute atomic E-state index is 12.9. The van der Waals surface area contributed by atoms with Gasteiger partial charge in [0.1, 0.15) is 10.7 Å². The molecule has 1 aliphatic rings. The van der Waals surface area contributed by atoms with Gasteiger partial charge in [-0.2, -0.15) is 0 Å². The molecule has 0 saturated heterocycles. The number of nitrogens with one attached hydrogen (secondary N) is 1. The first-order valence-electron chi connectivity index (χ1n) is 8.78. The number of nitrogens with zero attached hydrogens (tertiary/aromatic N) is 3. The number of para-hydroxylation sites is 2. The number of thioether (sulfide) groups is 1. The van der Waals surface area contributed by atoms with Crippen LogP contribution >= 0.6 is 23.1 Å². The Bertz CT molecular complexity index is 1150. The van der Waals surface area contributed by atoms with Gasteiger partial charge in [0, 0.05) is 11.9 Å². The molecule has 0 bridgehead atoms. The van der Waals surface area contributed by atoms with Crippen molar-refractivity contribution in [3.8, 4) is 0 Å². The van der Waals surface area contributed by atoms with E-state index in [0.29, 0.717) is 5.75 Å². The quantitative estimate of drug-likeness (QED) is 0.429. The molecule has 7 heteroatoms. The molecular weight excluding hydrogens is 364 g/mol. The molecular formula is C19H18N4OS2. The van der Waals surface area contributed by atoms with E-state index >= 15 is 0 Å². The van der Waals surface area contributed by atoms with Crippen molar-refractivity contribution in [2.24, 2.45) is 7.05 Å². The van der Waals surface area contributed by atoms with Crippen LogP contribution in [0.5, 0.6) is 0 Å². The van der Waals surface area contributed by atoms with Crippen molar-refractivity contribution in [1.82, 2.24) is 19.5 Å². The molecule has 1 N–H and O–H groups in total. The van der Waals surface area contributed by atoms with Gasteiger partial charge < -0.3 is 4.98 Å². The number of aromatic amines is 1. The average molecular weight is 383 g/mol. The first-order chi connectivity index (χ1) is 12.7. The number of aromatic nitrogens is 4. The molecule has 3 aromatic heterocycles. The van der Waals surface area contributed by atoms with Crippen LogP contribution in [0.3, 0.4) is 0 Å². The number of hydrogen-bond acceptors (Lipinski definition) is 5. The molecule has 0 radical (unpaired) electrons. The van der Waals surface area contributed by atoms with Crippen LogP contribution in [0.15, 0.2) is 34.2 Å². The van der Waals surface area contributed by atoms with Gasteiger partial charge in [0.25, 0.3) is 5.56 Å². The van der Waals surface area contributed by atoms with Gasteiger partial charge >= 0.3 is 0 Å². The Labute approximate surface area is 158 Å². The van der Waals surface area contributed by atoms with E-state index in [4.69, 9.17) is 4.98 Å². The van der Waals surface area contributed by atoms with Gasteiger partial charge in [-0.15, -0.1) is 11.3 Å². The van der Waals surface area contributed by atoms with E-state index < -0.39 is 0 Å². The third-order valence-corrected chi connectivity index (χ3v) is 7.16. The van der Waals surface area contributed by atoms with Crippen molar-refractivity contribution in [2.75, 3.05) is 0 Å². The standard InChI is InChI=1S/C19H18N4OS2/c1-23-18(24)16-11-6-2-5-9-14(11)26-17(16)22-19(23)25-10-15-20-12-7-3-4-8-13(12)21-15/h3-4,7-8H,2,5-6,9-10H2,1H3,(H,20,21). The van der Waals surface area contributed by atoms with E-state index in [0.717, 1.165) is 45.1 Å². The summed E-state index contributed by atoms with van der Waals surface area (Å²) < 4.78 is 1.69. The monoisotopic (exact) mass is 382 g/mol. The lowest BCUT2D eigenvalue weighted by atomic mass is 9.97. The van der Waals surface area contributed by atoms with Crippen molar-refractivity contribution in [2.45, 2.75) is 36.6 Å². The van der Waals surface area contributed by atoms with Crippen molar-refractivity contribution >= 4 is 44.3 Å². The van der Waals surface area contributed by atoms with E-state index in [-0.39, 0.29) is 5.56 Å². The number of aryl methyl sites for hydroxylation is 2. The first-order valence-corrected chi connectivity index (χ1v) is 10.6. The number of fused-ring (bicyclic) bond motifs is 4. The smallest absolute Gasteiger partial charge is 0.262 e. The van der Waals surface area contributed by atoms with E-state index in [9.17, 15) is 4.79 Å². The Hall–Kier alpha value is -2.12. The largest absolute Gasteiger partial charge is 0.341 e. The second-order valence-corrected chi connectivity index (χ2v) is 8.67. The van der Waals surface area contributed by atoms with Crippen LogP contribution in [0.4, 0.5) is 0 Å². The topological polar surface area (TPSA) is 63.6 Å². The fraction of sp³-hybridized carbons (Fsp3) is 0.316. The van der Waals surface area contributed by atoms with Crippen LogP contribution < -0.4 is 5.56 Å². The van der Waals surface area contributed by atoms with Crippen LogP contribution in [0.2, 0.25) is 0 Å². The third-order valence-electron chi connectivity index (χ3n) is 4.93. The van der Waals surface area contributed by atoms with Gasteiger partial charge in [0.15, 0.2) is 5.16 Å². The minimum Gasteiger partial charge on any atom is -0.341 e. The maximum Gasteiger partial charge on any atom is 0.262 e. The van der Waals surface area contributed by atoms with Crippen LogP contribution in [0, 0.1) is 0 Å². The lowest BCUT2D eigenvalue weighted by Gasteiger charge is -2.10. The second-order valence-electron chi connectivity index (χ2n) is 6.64. The Kier molecular flexibility index (Phi) is 3.86. The summed E-state index contributed by atoms with van der Waals surface area (Å²) >= 11 is 3.26. The number of thiophene rings is 1. The predicted molar refractivity (Wildman–Crippen MR) is 107 cm³/mol. The summed E-state index contributed by atoms with van der Waals surface area (Å²) in [5, 5.41) is 1.60. The molecule has 4 aromatic rings. The fourth-order valence-corrected chi connectivity index (χ4v) is 5.75. The number of benzene rings is 1. The molecule has 0 atom stereocenters. The van der Waals surface area contributed by atoms with Crippen molar-refractivity contribution in [3.63, 3.8) is 0 Å². The first kappa shape index (κ1) is 16.1. The molecule has 1 aliphatic carbocycles. The molecule has 0 saturated carbocycles. The Morgan fingerprint density at radius 1 is 1.23 bits per heavy atom. The fourth-order valence-electron chi connectivity index (χ4n) is 3.60. The third kappa shape index (κ3) is 2.57. The van der Waals surface area contributed by atoms with Crippen molar-refractivity contribution in [3.05, 3.63) is 50.9 Å². The van der Waals surface area contributed by atoms with E-state index in [1.54, 1.807) is 27.7 Å². The molecule has 0 spiro atoms. The Morgan fingerprint density at radius 3 is 2.96 bits per heavy atom. The number of imidazole rings is 1.